The van der Waals surface area contributed by atoms with Crippen molar-refractivity contribution < 1.29 is 17.6 Å². The van der Waals surface area contributed by atoms with E-state index >= 15 is 0 Å². The Bertz CT molecular complexity index is 772. The van der Waals surface area contributed by atoms with E-state index in [0.29, 0.717) is 12.8 Å². The lowest BCUT2D eigenvalue weighted by Crippen LogP contribution is -2.57. The molecule has 8 heteroatoms. The molecule has 2 aliphatic heterocycles. The fraction of sp³-hybridized carbons (Fsp3) is 0.429. The van der Waals surface area contributed by atoms with Crippen LogP contribution in [0.15, 0.2) is 18.2 Å². The minimum atomic E-state index is -3.83. The summed E-state index contributed by atoms with van der Waals surface area (Å²) in [7, 11) is -3.83. The van der Waals surface area contributed by atoms with Gasteiger partial charge in [0.25, 0.3) is 0 Å². The highest BCUT2D eigenvalue weighted by Gasteiger charge is 2.48. The molecule has 2 aliphatic rings. The molecular weight excluding hydrogens is 309 g/mol. The summed E-state index contributed by atoms with van der Waals surface area (Å²) in [6, 6.07) is 4.50. The fourth-order valence-corrected chi connectivity index (χ4v) is 5.07. The third-order valence-corrected chi connectivity index (χ3v) is 5.96. The van der Waals surface area contributed by atoms with Crippen molar-refractivity contribution in [2.24, 2.45) is 0 Å². The van der Waals surface area contributed by atoms with Crippen molar-refractivity contribution in [1.29, 1.82) is 5.26 Å². The Labute approximate surface area is 127 Å². The second-order valence-corrected chi connectivity index (χ2v) is 7.37. The van der Waals surface area contributed by atoms with Crippen LogP contribution in [0.1, 0.15) is 24.0 Å². The number of hydrogen-bond donors (Lipinski definition) is 1. The molecule has 0 spiro atoms. The lowest BCUT2D eigenvalue weighted by atomic mass is 10.1. The van der Waals surface area contributed by atoms with Crippen LogP contribution in [-0.2, 0) is 20.6 Å². The summed E-state index contributed by atoms with van der Waals surface area (Å²) in [5.41, 5.74) is 0.149. The number of sulfonamides is 1. The smallest absolute Gasteiger partial charge is 0.238 e. The predicted octanol–water partition coefficient (Wildman–Crippen LogP) is 0.490. The normalized spacial score (nSPS) is 24.8. The van der Waals surface area contributed by atoms with Gasteiger partial charge >= 0.3 is 0 Å². The number of nitrogens with zero attached hydrogens (tertiary/aromatic N) is 2. The van der Waals surface area contributed by atoms with Gasteiger partial charge in [0.1, 0.15) is 11.9 Å². The van der Waals surface area contributed by atoms with E-state index in [1.807, 2.05) is 6.07 Å². The van der Waals surface area contributed by atoms with E-state index in [1.54, 1.807) is 0 Å². The van der Waals surface area contributed by atoms with Crippen LogP contribution >= 0.6 is 0 Å². The minimum Gasteiger partial charge on any atom is -0.353 e. The number of halogens is 1. The van der Waals surface area contributed by atoms with Gasteiger partial charge in [0.15, 0.2) is 0 Å². The molecule has 1 N–H and O–H groups in total. The fourth-order valence-electron chi connectivity index (χ4n) is 3.08. The monoisotopic (exact) mass is 323 g/mol. The van der Waals surface area contributed by atoms with Gasteiger partial charge in [0, 0.05) is 18.2 Å². The molecule has 2 unspecified atom stereocenters. The van der Waals surface area contributed by atoms with Gasteiger partial charge < -0.3 is 5.32 Å². The standard InChI is InChI=1S/C14H14FN3O3S/c15-12-3-1-9(6-16)5-10(12)8-22(20,21)18-11-2-4-13(18)14(19)17-7-11/h1,3,5,11,13H,2,4,7-8H2,(H,17,19). The first-order valence-electron chi connectivity index (χ1n) is 6.90. The number of nitrogens with one attached hydrogen (secondary N) is 1. The molecule has 22 heavy (non-hydrogen) atoms. The van der Waals surface area contributed by atoms with Gasteiger partial charge in [-0.2, -0.15) is 9.57 Å². The van der Waals surface area contributed by atoms with E-state index < -0.39 is 27.6 Å². The highest BCUT2D eigenvalue weighted by atomic mass is 32.2. The summed E-state index contributed by atoms with van der Waals surface area (Å²) in [5, 5.41) is 11.5. The number of benzene rings is 1. The van der Waals surface area contributed by atoms with Crippen LogP contribution in [0, 0.1) is 17.1 Å². The van der Waals surface area contributed by atoms with Crippen LogP contribution < -0.4 is 5.32 Å². The maximum Gasteiger partial charge on any atom is 0.238 e. The zero-order chi connectivity index (χ0) is 15.9. The third kappa shape index (κ3) is 2.46. The molecule has 0 radical (unpaired) electrons. The predicted molar refractivity (Wildman–Crippen MR) is 75.4 cm³/mol. The van der Waals surface area contributed by atoms with E-state index in [-0.39, 0.29) is 29.6 Å². The molecule has 2 fully saturated rings. The molecule has 1 amide bonds. The Morgan fingerprint density at radius 3 is 2.91 bits per heavy atom. The van der Waals surface area contributed by atoms with E-state index in [1.165, 1.54) is 16.4 Å². The van der Waals surface area contributed by atoms with Crippen LogP contribution in [0.5, 0.6) is 0 Å². The van der Waals surface area contributed by atoms with Crippen molar-refractivity contribution in [3.8, 4) is 6.07 Å². The molecule has 0 saturated carbocycles. The average Bonchev–Trinajstić information content (AvgIpc) is 2.83. The van der Waals surface area contributed by atoms with Gasteiger partial charge in [-0.05, 0) is 31.0 Å². The van der Waals surface area contributed by atoms with E-state index in [4.69, 9.17) is 5.26 Å². The maximum atomic E-state index is 13.8. The van der Waals surface area contributed by atoms with Crippen LogP contribution in [0.3, 0.4) is 0 Å². The molecule has 2 bridgehead atoms. The topological polar surface area (TPSA) is 90.3 Å². The third-order valence-electron chi connectivity index (χ3n) is 4.09. The molecule has 1 aromatic carbocycles. The number of hydrogen-bond acceptors (Lipinski definition) is 4. The molecule has 0 aliphatic carbocycles. The maximum absolute atomic E-state index is 13.8. The highest BCUT2D eigenvalue weighted by molar-refractivity contribution is 7.88. The summed E-state index contributed by atoms with van der Waals surface area (Å²) < 4.78 is 40.3. The Balaban J connectivity index is 1.92. The number of carbonyl (C=O) groups is 1. The Kier molecular flexibility index (Phi) is 3.62. The molecule has 2 saturated heterocycles. The van der Waals surface area contributed by atoms with Crippen molar-refractivity contribution in [1.82, 2.24) is 9.62 Å². The van der Waals surface area contributed by atoms with Crippen molar-refractivity contribution in [3.63, 3.8) is 0 Å². The van der Waals surface area contributed by atoms with Crippen molar-refractivity contribution in [2.75, 3.05) is 6.54 Å². The number of rotatable bonds is 3. The lowest BCUT2D eigenvalue weighted by molar-refractivity contribution is -0.126. The Morgan fingerprint density at radius 1 is 1.41 bits per heavy atom. The van der Waals surface area contributed by atoms with Crippen LogP contribution in [0.25, 0.3) is 0 Å². The minimum absolute atomic E-state index is 0.0515. The summed E-state index contributed by atoms with van der Waals surface area (Å²) >= 11 is 0. The van der Waals surface area contributed by atoms with Crippen LogP contribution in [-0.4, -0.2) is 37.3 Å². The van der Waals surface area contributed by atoms with Gasteiger partial charge in [-0.3, -0.25) is 4.79 Å². The zero-order valence-corrected chi connectivity index (χ0v) is 12.4. The largest absolute Gasteiger partial charge is 0.353 e. The Hall–Kier alpha value is -1.98. The van der Waals surface area contributed by atoms with Crippen molar-refractivity contribution in [2.45, 2.75) is 30.7 Å². The number of fused-ring (bicyclic) bond motifs is 2. The van der Waals surface area contributed by atoms with Crippen molar-refractivity contribution >= 4 is 15.9 Å². The molecule has 1 aromatic rings. The van der Waals surface area contributed by atoms with Crippen molar-refractivity contribution in [3.05, 3.63) is 35.1 Å². The molecule has 3 rings (SSSR count). The SMILES string of the molecule is N#Cc1ccc(F)c(CS(=O)(=O)N2C3CCC2C(=O)NC3)c1. The quantitative estimate of drug-likeness (QED) is 0.876. The van der Waals surface area contributed by atoms with E-state index in [0.717, 1.165) is 6.07 Å². The highest BCUT2D eigenvalue weighted by Crippen LogP contribution is 2.32. The number of nitriles is 1. The van der Waals surface area contributed by atoms with Gasteiger partial charge in [0.05, 0.1) is 17.4 Å². The molecule has 116 valence electrons. The molecule has 2 heterocycles. The lowest BCUT2D eigenvalue weighted by Gasteiger charge is -2.33. The number of amides is 1. The molecular formula is C14H14FN3O3S. The van der Waals surface area contributed by atoms with Crippen LogP contribution in [0.4, 0.5) is 4.39 Å². The van der Waals surface area contributed by atoms with Crippen LogP contribution in [0.2, 0.25) is 0 Å². The first-order valence-corrected chi connectivity index (χ1v) is 8.51. The Morgan fingerprint density at radius 2 is 2.18 bits per heavy atom. The van der Waals surface area contributed by atoms with Gasteiger partial charge in [0.2, 0.25) is 15.9 Å². The van der Waals surface area contributed by atoms with Gasteiger partial charge in [-0.1, -0.05) is 0 Å². The van der Waals surface area contributed by atoms with E-state index in [2.05, 4.69) is 5.32 Å². The molecule has 6 nitrogen and oxygen atoms in total. The summed E-state index contributed by atoms with van der Waals surface area (Å²) in [5.74, 6) is -1.52. The summed E-state index contributed by atoms with van der Waals surface area (Å²) in [6.45, 7) is 0.287. The van der Waals surface area contributed by atoms with Gasteiger partial charge in [-0.25, -0.2) is 12.8 Å². The number of piperazine rings is 1. The molecule has 2 atom stereocenters. The van der Waals surface area contributed by atoms with Gasteiger partial charge in [-0.15, -0.1) is 0 Å². The summed E-state index contributed by atoms with van der Waals surface area (Å²) in [6.07, 6.45) is 1.10. The van der Waals surface area contributed by atoms with E-state index in [9.17, 15) is 17.6 Å². The molecule has 0 aromatic heterocycles. The second-order valence-electron chi connectivity index (χ2n) is 5.50. The summed E-state index contributed by atoms with van der Waals surface area (Å²) in [4.78, 5) is 11.8. The first kappa shape index (κ1) is 14.9. The first-order chi connectivity index (χ1) is 10.4. The second kappa shape index (κ2) is 5.34. The number of carbonyl (C=O) groups excluding carboxylic acids is 1. The average molecular weight is 323 g/mol. The zero-order valence-electron chi connectivity index (χ0n) is 11.6.